The minimum Gasteiger partial charge on any atom is -0.496 e. The summed E-state index contributed by atoms with van der Waals surface area (Å²) in [5.74, 6) is 2.34. The predicted octanol–water partition coefficient (Wildman–Crippen LogP) is 3.71. The van der Waals surface area contributed by atoms with Gasteiger partial charge in [-0.25, -0.2) is 0 Å². The van der Waals surface area contributed by atoms with Crippen molar-refractivity contribution in [2.75, 3.05) is 25.1 Å². The van der Waals surface area contributed by atoms with Crippen molar-refractivity contribution in [2.45, 2.75) is 19.4 Å². The van der Waals surface area contributed by atoms with Crippen LogP contribution in [0.15, 0.2) is 60.7 Å². The Morgan fingerprint density at radius 2 is 1.79 bits per heavy atom. The lowest BCUT2D eigenvalue weighted by atomic mass is 9.98. The van der Waals surface area contributed by atoms with Crippen molar-refractivity contribution in [3.8, 4) is 17.0 Å². The van der Waals surface area contributed by atoms with Crippen LogP contribution in [-0.2, 0) is 13.0 Å². The second kappa shape index (κ2) is 8.40. The molecular weight excluding hydrogens is 350 g/mol. The summed E-state index contributed by atoms with van der Waals surface area (Å²) in [6, 6.07) is 20.2. The molecule has 1 saturated heterocycles. The topological polar surface area (TPSA) is 58.5 Å². The minimum absolute atomic E-state index is 0.0982. The summed E-state index contributed by atoms with van der Waals surface area (Å²) >= 11 is 0. The zero-order valence-electron chi connectivity index (χ0n) is 16.1. The number of aliphatic hydroxyl groups excluding tert-OH is 1. The number of nitrogens with zero attached hydrogens (tertiary/aromatic N) is 3. The van der Waals surface area contributed by atoms with Gasteiger partial charge >= 0.3 is 0 Å². The highest BCUT2D eigenvalue weighted by Gasteiger charge is 2.24. The third kappa shape index (κ3) is 3.99. The van der Waals surface area contributed by atoms with Gasteiger partial charge in [0.2, 0.25) is 0 Å². The first kappa shape index (κ1) is 18.4. The van der Waals surface area contributed by atoms with Crippen molar-refractivity contribution in [1.82, 2.24) is 10.2 Å². The van der Waals surface area contributed by atoms with Crippen LogP contribution < -0.4 is 9.64 Å². The molecule has 1 fully saturated rings. The number of hydrogen-bond acceptors (Lipinski definition) is 5. The summed E-state index contributed by atoms with van der Waals surface area (Å²) < 4.78 is 5.42. The summed E-state index contributed by atoms with van der Waals surface area (Å²) in [7, 11) is 1.67. The number of hydrogen-bond donors (Lipinski definition) is 1. The van der Waals surface area contributed by atoms with Gasteiger partial charge in [0.15, 0.2) is 5.82 Å². The highest BCUT2D eigenvalue weighted by molar-refractivity contribution is 5.67. The lowest BCUT2D eigenvalue weighted by Gasteiger charge is -2.17. The van der Waals surface area contributed by atoms with E-state index in [1.54, 1.807) is 7.11 Å². The zero-order chi connectivity index (χ0) is 19.3. The van der Waals surface area contributed by atoms with Gasteiger partial charge in [-0.2, -0.15) is 0 Å². The molecule has 2 heterocycles. The minimum atomic E-state index is 0.0982. The van der Waals surface area contributed by atoms with Crippen molar-refractivity contribution < 1.29 is 9.84 Å². The van der Waals surface area contributed by atoms with E-state index in [1.807, 2.05) is 48.5 Å². The first-order chi connectivity index (χ1) is 13.8. The fraction of sp³-hybridized carbons (Fsp3) is 0.304. The lowest BCUT2D eigenvalue weighted by molar-refractivity contribution is 0.282. The smallest absolute Gasteiger partial charge is 0.151 e. The van der Waals surface area contributed by atoms with E-state index < -0.39 is 0 Å². The number of para-hydroxylation sites is 1. The van der Waals surface area contributed by atoms with E-state index in [0.29, 0.717) is 5.92 Å². The zero-order valence-corrected chi connectivity index (χ0v) is 16.1. The SMILES string of the molecule is COc1ccccc1-c1ccc(N2CC[C@@H](Cc3ccc(CO)cc3)C2)nn1. The molecule has 2 aromatic carbocycles. The van der Waals surface area contributed by atoms with Crippen molar-refractivity contribution >= 4 is 5.82 Å². The second-order valence-corrected chi connectivity index (χ2v) is 7.26. The Hall–Kier alpha value is -2.92. The maximum absolute atomic E-state index is 9.17. The fourth-order valence-corrected chi connectivity index (χ4v) is 3.82. The van der Waals surface area contributed by atoms with E-state index in [-0.39, 0.29) is 6.61 Å². The first-order valence-corrected chi connectivity index (χ1v) is 9.67. The molecule has 0 radical (unpaired) electrons. The number of methoxy groups -OCH3 is 1. The second-order valence-electron chi connectivity index (χ2n) is 7.26. The molecular formula is C23H25N3O2. The Morgan fingerprint density at radius 3 is 2.50 bits per heavy atom. The summed E-state index contributed by atoms with van der Waals surface area (Å²) in [5, 5.41) is 18.1. The maximum Gasteiger partial charge on any atom is 0.151 e. The van der Waals surface area contributed by atoms with Crippen LogP contribution in [0.5, 0.6) is 5.75 Å². The van der Waals surface area contributed by atoms with Gasteiger partial charge in [-0.15, -0.1) is 10.2 Å². The van der Waals surface area contributed by atoms with Crippen LogP contribution in [0.3, 0.4) is 0 Å². The molecule has 28 heavy (non-hydrogen) atoms. The molecule has 0 bridgehead atoms. The molecule has 1 aromatic heterocycles. The van der Waals surface area contributed by atoms with Crippen LogP contribution in [0.25, 0.3) is 11.3 Å². The third-order valence-electron chi connectivity index (χ3n) is 5.37. The van der Waals surface area contributed by atoms with Crippen LogP contribution in [0, 0.1) is 5.92 Å². The van der Waals surface area contributed by atoms with E-state index in [2.05, 4.69) is 27.2 Å². The van der Waals surface area contributed by atoms with Crippen LogP contribution >= 0.6 is 0 Å². The molecule has 1 aliphatic rings. The van der Waals surface area contributed by atoms with E-state index in [9.17, 15) is 0 Å². The Kier molecular flexibility index (Phi) is 5.53. The van der Waals surface area contributed by atoms with Crippen molar-refractivity contribution in [1.29, 1.82) is 0 Å². The van der Waals surface area contributed by atoms with Crippen molar-refractivity contribution in [3.05, 3.63) is 71.8 Å². The Bertz CT molecular complexity index is 910. The Balaban J connectivity index is 1.41. The average molecular weight is 375 g/mol. The van der Waals surface area contributed by atoms with Gasteiger partial charge in [0, 0.05) is 18.7 Å². The maximum atomic E-state index is 9.17. The molecule has 1 atom stereocenters. The van der Waals surface area contributed by atoms with Gasteiger partial charge < -0.3 is 14.7 Å². The summed E-state index contributed by atoms with van der Waals surface area (Å²) in [6.45, 7) is 2.09. The van der Waals surface area contributed by atoms with Crippen molar-refractivity contribution in [3.63, 3.8) is 0 Å². The molecule has 0 amide bonds. The molecule has 5 nitrogen and oxygen atoms in total. The van der Waals surface area contributed by atoms with Crippen LogP contribution in [0.4, 0.5) is 5.82 Å². The van der Waals surface area contributed by atoms with Crippen LogP contribution in [0.1, 0.15) is 17.5 Å². The van der Waals surface area contributed by atoms with Crippen LogP contribution in [0.2, 0.25) is 0 Å². The average Bonchev–Trinajstić information content (AvgIpc) is 3.23. The van der Waals surface area contributed by atoms with Gasteiger partial charge in [-0.05, 0) is 54.2 Å². The van der Waals surface area contributed by atoms with E-state index >= 15 is 0 Å². The quantitative estimate of drug-likeness (QED) is 0.712. The molecule has 0 aliphatic carbocycles. The normalized spacial score (nSPS) is 16.4. The molecule has 0 saturated carbocycles. The van der Waals surface area contributed by atoms with Gasteiger partial charge in [-0.3, -0.25) is 0 Å². The standard InChI is InChI=1S/C23H25N3O2/c1-28-22-5-3-2-4-20(22)21-10-11-23(25-24-21)26-13-12-19(15-26)14-17-6-8-18(16-27)9-7-17/h2-11,19,27H,12-16H2,1H3/t19-/m0/s1. The first-order valence-electron chi connectivity index (χ1n) is 9.67. The lowest BCUT2D eigenvalue weighted by Crippen LogP contribution is -2.21. The molecule has 0 unspecified atom stereocenters. The van der Waals surface area contributed by atoms with E-state index in [4.69, 9.17) is 9.84 Å². The third-order valence-corrected chi connectivity index (χ3v) is 5.37. The molecule has 5 heteroatoms. The van der Waals surface area contributed by atoms with Gasteiger partial charge in [0.1, 0.15) is 5.75 Å². The molecule has 3 aromatic rings. The molecule has 1 N–H and O–H groups in total. The van der Waals surface area contributed by atoms with Crippen molar-refractivity contribution in [2.24, 2.45) is 5.92 Å². The number of aromatic nitrogens is 2. The number of rotatable bonds is 6. The van der Waals surface area contributed by atoms with Crippen LogP contribution in [-0.4, -0.2) is 35.5 Å². The molecule has 1 aliphatic heterocycles. The summed E-state index contributed by atoms with van der Waals surface area (Å²) in [4.78, 5) is 2.31. The summed E-state index contributed by atoms with van der Waals surface area (Å²) in [6.07, 6.45) is 2.20. The molecule has 4 rings (SSSR count). The fourth-order valence-electron chi connectivity index (χ4n) is 3.82. The van der Waals surface area contributed by atoms with Gasteiger partial charge in [0.05, 0.1) is 19.4 Å². The predicted molar refractivity (Wildman–Crippen MR) is 110 cm³/mol. The number of ether oxygens (including phenoxy) is 1. The van der Waals surface area contributed by atoms with Gasteiger partial charge in [0.25, 0.3) is 0 Å². The van der Waals surface area contributed by atoms with E-state index in [1.165, 1.54) is 5.56 Å². The highest BCUT2D eigenvalue weighted by Crippen LogP contribution is 2.29. The Labute approximate surface area is 165 Å². The van der Waals surface area contributed by atoms with Gasteiger partial charge in [-0.1, -0.05) is 36.4 Å². The monoisotopic (exact) mass is 375 g/mol. The largest absolute Gasteiger partial charge is 0.496 e. The Morgan fingerprint density at radius 1 is 1.00 bits per heavy atom. The highest BCUT2D eigenvalue weighted by atomic mass is 16.5. The molecule has 0 spiro atoms. The number of anilines is 1. The number of aliphatic hydroxyl groups is 1. The molecule has 144 valence electrons. The number of benzene rings is 2. The summed E-state index contributed by atoms with van der Waals surface area (Å²) in [5.41, 5.74) is 4.06. The van der Waals surface area contributed by atoms with E-state index in [0.717, 1.165) is 54.3 Å².